The van der Waals surface area contributed by atoms with E-state index in [-0.39, 0.29) is 18.3 Å². The van der Waals surface area contributed by atoms with Crippen LogP contribution in [0.3, 0.4) is 0 Å². The van der Waals surface area contributed by atoms with Crippen molar-refractivity contribution in [2.75, 3.05) is 11.9 Å². The fourth-order valence-electron chi connectivity index (χ4n) is 3.56. The summed E-state index contributed by atoms with van der Waals surface area (Å²) in [5.74, 6) is 0.648. The standard InChI is InChI=1S/C23H16FNO3/c24-16-6-7-18-19(17-4-2-1-3-15(17)12-27-22(18)11-16)9-14-5-8-21-20(10-14)25-23(26)13-28-21/h1-11H,12-13H2,(H,25,26)/b19-9+. The van der Waals surface area contributed by atoms with Crippen molar-refractivity contribution in [1.29, 1.82) is 0 Å². The molecule has 5 rings (SSSR count). The van der Waals surface area contributed by atoms with Gasteiger partial charge in [-0.2, -0.15) is 0 Å². The van der Waals surface area contributed by atoms with E-state index in [4.69, 9.17) is 9.47 Å². The summed E-state index contributed by atoms with van der Waals surface area (Å²) in [6.45, 7) is 0.398. The summed E-state index contributed by atoms with van der Waals surface area (Å²) in [5.41, 5.74) is 5.36. The van der Waals surface area contributed by atoms with Gasteiger partial charge < -0.3 is 14.8 Å². The first-order valence-electron chi connectivity index (χ1n) is 8.97. The number of benzene rings is 3. The molecule has 2 aliphatic rings. The zero-order valence-corrected chi connectivity index (χ0v) is 14.9. The van der Waals surface area contributed by atoms with Gasteiger partial charge in [0.1, 0.15) is 23.9 Å². The fourth-order valence-corrected chi connectivity index (χ4v) is 3.56. The van der Waals surface area contributed by atoms with E-state index in [1.807, 2.05) is 48.5 Å². The van der Waals surface area contributed by atoms with Crippen molar-refractivity contribution in [3.63, 3.8) is 0 Å². The molecule has 0 unspecified atom stereocenters. The Kier molecular flexibility index (Phi) is 3.86. The van der Waals surface area contributed by atoms with Gasteiger partial charge in [0.2, 0.25) is 0 Å². The van der Waals surface area contributed by atoms with Crippen molar-refractivity contribution in [2.45, 2.75) is 6.61 Å². The fraction of sp³-hybridized carbons (Fsp3) is 0.0870. The molecule has 28 heavy (non-hydrogen) atoms. The minimum atomic E-state index is -0.335. The third kappa shape index (κ3) is 2.91. The molecule has 0 saturated heterocycles. The van der Waals surface area contributed by atoms with Crippen LogP contribution < -0.4 is 14.8 Å². The van der Waals surface area contributed by atoms with E-state index < -0.39 is 0 Å². The lowest BCUT2D eigenvalue weighted by atomic mass is 9.92. The number of hydrogen-bond acceptors (Lipinski definition) is 3. The Balaban J connectivity index is 1.68. The van der Waals surface area contributed by atoms with E-state index in [0.717, 1.165) is 27.8 Å². The number of hydrogen-bond donors (Lipinski definition) is 1. The van der Waals surface area contributed by atoms with Gasteiger partial charge in [-0.15, -0.1) is 0 Å². The minimum Gasteiger partial charge on any atom is -0.488 e. The van der Waals surface area contributed by atoms with Gasteiger partial charge in [-0.05, 0) is 52.6 Å². The molecule has 3 aromatic carbocycles. The van der Waals surface area contributed by atoms with Crippen LogP contribution >= 0.6 is 0 Å². The van der Waals surface area contributed by atoms with E-state index in [0.29, 0.717) is 23.8 Å². The van der Waals surface area contributed by atoms with Crippen LogP contribution in [-0.4, -0.2) is 12.5 Å². The molecule has 1 N–H and O–H groups in total. The molecule has 0 fully saturated rings. The third-order valence-electron chi connectivity index (χ3n) is 4.87. The second kappa shape index (κ2) is 6.53. The molecule has 138 valence electrons. The van der Waals surface area contributed by atoms with Gasteiger partial charge >= 0.3 is 0 Å². The maximum Gasteiger partial charge on any atom is 0.262 e. The number of carbonyl (C=O) groups excluding carboxylic acids is 1. The van der Waals surface area contributed by atoms with Crippen molar-refractivity contribution < 1.29 is 18.7 Å². The molecule has 0 aromatic heterocycles. The Morgan fingerprint density at radius 2 is 1.75 bits per heavy atom. The van der Waals surface area contributed by atoms with E-state index in [1.54, 1.807) is 6.07 Å². The topological polar surface area (TPSA) is 47.6 Å². The molecule has 2 aliphatic heterocycles. The van der Waals surface area contributed by atoms with Crippen molar-refractivity contribution in [2.24, 2.45) is 0 Å². The number of rotatable bonds is 1. The summed E-state index contributed by atoms with van der Waals surface area (Å²) in [6.07, 6.45) is 2.02. The van der Waals surface area contributed by atoms with Crippen LogP contribution in [0.2, 0.25) is 0 Å². The molecule has 1 amide bonds. The van der Waals surface area contributed by atoms with E-state index >= 15 is 0 Å². The van der Waals surface area contributed by atoms with Gasteiger partial charge in [0.25, 0.3) is 5.91 Å². The highest BCUT2D eigenvalue weighted by atomic mass is 19.1. The molecule has 0 saturated carbocycles. The third-order valence-corrected chi connectivity index (χ3v) is 4.87. The molecule has 2 heterocycles. The van der Waals surface area contributed by atoms with Gasteiger partial charge in [0.15, 0.2) is 6.61 Å². The molecular formula is C23H16FNO3. The van der Waals surface area contributed by atoms with E-state index in [2.05, 4.69) is 5.32 Å². The number of anilines is 1. The Morgan fingerprint density at radius 3 is 2.68 bits per heavy atom. The summed E-state index contributed by atoms with van der Waals surface area (Å²) >= 11 is 0. The van der Waals surface area contributed by atoms with Crippen molar-refractivity contribution in [3.05, 3.63) is 88.7 Å². The molecule has 0 atom stereocenters. The summed E-state index contributed by atoms with van der Waals surface area (Å²) in [4.78, 5) is 11.6. The van der Waals surface area contributed by atoms with Gasteiger partial charge in [-0.25, -0.2) is 4.39 Å². The van der Waals surface area contributed by atoms with Crippen LogP contribution in [0.1, 0.15) is 22.3 Å². The van der Waals surface area contributed by atoms with Crippen molar-refractivity contribution in [3.8, 4) is 11.5 Å². The Morgan fingerprint density at radius 1 is 0.893 bits per heavy atom. The van der Waals surface area contributed by atoms with Crippen LogP contribution in [0.15, 0.2) is 60.7 Å². The number of ether oxygens (including phenoxy) is 2. The predicted molar refractivity (Wildman–Crippen MR) is 105 cm³/mol. The maximum atomic E-state index is 13.8. The van der Waals surface area contributed by atoms with Gasteiger partial charge in [0.05, 0.1) is 5.69 Å². The van der Waals surface area contributed by atoms with Gasteiger partial charge in [-0.3, -0.25) is 4.79 Å². The molecule has 0 aliphatic carbocycles. The lowest BCUT2D eigenvalue weighted by Gasteiger charge is -2.18. The maximum absolute atomic E-state index is 13.8. The van der Waals surface area contributed by atoms with Crippen LogP contribution in [-0.2, 0) is 11.4 Å². The predicted octanol–water partition coefficient (Wildman–Crippen LogP) is 4.64. The highest BCUT2D eigenvalue weighted by Crippen LogP contribution is 2.39. The SMILES string of the molecule is O=C1COc2ccc(/C=C3\c4ccccc4COc4cc(F)ccc43)cc2N1. The monoisotopic (exact) mass is 373 g/mol. The van der Waals surface area contributed by atoms with Crippen LogP contribution in [0.5, 0.6) is 11.5 Å². The second-order valence-electron chi connectivity index (χ2n) is 6.74. The number of carbonyl (C=O) groups is 1. The van der Waals surface area contributed by atoms with Gasteiger partial charge in [0, 0.05) is 11.6 Å². The Bertz CT molecular complexity index is 1140. The van der Waals surface area contributed by atoms with Crippen LogP contribution in [0, 0.1) is 5.82 Å². The summed E-state index contributed by atoms with van der Waals surface area (Å²) in [6, 6.07) is 18.2. The molecule has 3 aromatic rings. The summed E-state index contributed by atoms with van der Waals surface area (Å²) in [5, 5.41) is 2.83. The first kappa shape index (κ1) is 16.6. The van der Waals surface area contributed by atoms with E-state index in [9.17, 15) is 9.18 Å². The van der Waals surface area contributed by atoms with Crippen LogP contribution in [0.25, 0.3) is 11.6 Å². The minimum absolute atomic E-state index is 0.0249. The molecule has 0 bridgehead atoms. The average Bonchev–Trinajstić information content (AvgIpc) is 2.85. The first-order valence-corrected chi connectivity index (χ1v) is 8.97. The first-order chi connectivity index (χ1) is 13.7. The van der Waals surface area contributed by atoms with Gasteiger partial charge in [-0.1, -0.05) is 30.3 Å². The summed E-state index contributed by atoms with van der Waals surface area (Å²) < 4.78 is 25.1. The zero-order chi connectivity index (χ0) is 19.1. The smallest absolute Gasteiger partial charge is 0.262 e. The molecule has 0 radical (unpaired) electrons. The quantitative estimate of drug-likeness (QED) is 0.676. The summed E-state index contributed by atoms with van der Waals surface area (Å²) in [7, 11) is 0. The highest BCUT2D eigenvalue weighted by molar-refractivity contribution is 5.98. The largest absolute Gasteiger partial charge is 0.488 e. The van der Waals surface area contributed by atoms with Crippen molar-refractivity contribution in [1.82, 2.24) is 0 Å². The van der Waals surface area contributed by atoms with Crippen molar-refractivity contribution >= 4 is 23.2 Å². The van der Waals surface area contributed by atoms with Crippen LogP contribution in [0.4, 0.5) is 10.1 Å². The number of fused-ring (bicyclic) bond motifs is 3. The lowest BCUT2D eigenvalue weighted by Crippen LogP contribution is -2.25. The Labute approximate surface area is 161 Å². The lowest BCUT2D eigenvalue weighted by molar-refractivity contribution is -0.118. The average molecular weight is 373 g/mol. The van der Waals surface area contributed by atoms with E-state index in [1.165, 1.54) is 12.1 Å². The zero-order valence-electron chi connectivity index (χ0n) is 14.9. The second-order valence-corrected chi connectivity index (χ2v) is 6.74. The molecular weight excluding hydrogens is 357 g/mol. The molecule has 0 spiro atoms. The molecule has 4 nitrogen and oxygen atoms in total. The number of nitrogens with one attached hydrogen (secondary N) is 1. The normalized spacial score (nSPS) is 16.0. The highest BCUT2D eigenvalue weighted by Gasteiger charge is 2.20. The number of amides is 1. The molecule has 5 heteroatoms. The number of halogens is 1. The Hall–Kier alpha value is -3.60.